The smallest absolute Gasteiger partial charge is 0.224 e. The van der Waals surface area contributed by atoms with E-state index in [1.54, 1.807) is 30.3 Å². The van der Waals surface area contributed by atoms with E-state index >= 15 is 0 Å². The molecule has 0 spiro atoms. The molecule has 0 aliphatic heterocycles. The average molecular weight is 379 g/mol. The van der Waals surface area contributed by atoms with E-state index in [-0.39, 0.29) is 24.1 Å². The predicted molar refractivity (Wildman–Crippen MR) is 91.8 cm³/mol. The number of carbonyl (C=O) groups is 2. The highest BCUT2D eigenvalue weighted by atomic mass is 79.9. The zero-order valence-electron chi connectivity index (χ0n) is 12.5. The second-order valence-electron chi connectivity index (χ2n) is 5.05. The number of halogens is 2. The van der Waals surface area contributed by atoms with E-state index in [1.165, 1.54) is 19.1 Å². The molecule has 0 aromatic heterocycles. The lowest BCUT2D eigenvalue weighted by atomic mass is 10.1. The summed E-state index contributed by atoms with van der Waals surface area (Å²) in [6.07, 6.45) is 0.771. The van der Waals surface area contributed by atoms with Crippen LogP contribution in [0.3, 0.4) is 0 Å². The Morgan fingerprint density at radius 1 is 1.04 bits per heavy atom. The Labute approximate surface area is 142 Å². The third kappa shape index (κ3) is 5.49. The zero-order valence-corrected chi connectivity index (χ0v) is 14.1. The molecule has 0 radical (unpaired) electrons. The van der Waals surface area contributed by atoms with Gasteiger partial charge in [0.2, 0.25) is 11.8 Å². The van der Waals surface area contributed by atoms with Gasteiger partial charge in [-0.05, 0) is 42.3 Å². The summed E-state index contributed by atoms with van der Waals surface area (Å²) in [4.78, 5) is 23.3. The third-order valence-corrected chi connectivity index (χ3v) is 3.61. The van der Waals surface area contributed by atoms with E-state index in [1.807, 2.05) is 0 Å². The Morgan fingerprint density at radius 2 is 1.74 bits per heavy atom. The predicted octanol–water partition coefficient (Wildman–Crippen LogP) is 4.12. The highest BCUT2D eigenvalue weighted by Gasteiger charge is 2.09. The summed E-state index contributed by atoms with van der Waals surface area (Å²) in [5, 5.41) is 5.45. The Morgan fingerprint density at radius 3 is 2.39 bits per heavy atom. The van der Waals surface area contributed by atoms with Crippen molar-refractivity contribution in [3.05, 3.63) is 58.3 Å². The molecule has 6 heteroatoms. The van der Waals surface area contributed by atoms with Gasteiger partial charge in [-0.1, -0.05) is 28.1 Å². The third-order valence-electron chi connectivity index (χ3n) is 3.12. The van der Waals surface area contributed by atoms with Crippen LogP contribution in [0.5, 0.6) is 0 Å². The Hall–Kier alpha value is -2.21. The van der Waals surface area contributed by atoms with Crippen LogP contribution in [0.1, 0.15) is 18.9 Å². The number of nitrogens with one attached hydrogen (secondary N) is 2. The first-order valence-electron chi connectivity index (χ1n) is 7.05. The van der Waals surface area contributed by atoms with Crippen LogP contribution >= 0.6 is 15.9 Å². The molecule has 0 saturated carbocycles. The number of carbonyl (C=O) groups excluding carboxylic acids is 2. The van der Waals surface area contributed by atoms with Crippen molar-refractivity contribution in [3.63, 3.8) is 0 Å². The molecular formula is C17H16BrFN2O2. The van der Waals surface area contributed by atoms with Gasteiger partial charge in [-0.15, -0.1) is 0 Å². The summed E-state index contributed by atoms with van der Waals surface area (Å²) in [7, 11) is 0. The highest BCUT2D eigenvalue weighted by molar-refractivity contribution is 9.10. The van der Waals surface area contributed by atoms with Crippen molar-refractivity contribution >= 4 is 39.1 Å². The number of anilines is 2. The first-order valence-corrected chi connectivity index (χ1v) is 7.85. The van der Waals surface area contributed by atoms with Crippen LogP contribution in [0.25, 0.3) is 0 Å². The molecule has 0 heterocycles. The SMILES string of the molecule is CC(=O)Nc1ccc(Br)cc1NC(=O)CCc1ccc(F)cc1. The van der Waals surface area contributed by atoms with Crippen molar-refractivity contribution in [2.45, 2.75) is 19.8 Å². The van der Waals surface area contributed by atoms with Crippen LogP contribution in [0.2, 0.25) is 0 Å². The monoisotopic (exact) mass is 378 g/mol. The molecule has 0 aliphatic carbocycles. The molecule has 0 bridgehead atoms. The van der Waals surface area contributed by atoms with E-state index < -0.39 is 0 Å². The number of benzene rings is 2. The summed E-state index contributed by atoms with van der Waals surface area (Å²) < 4.78 is 13.6. The van der Waals surface area contributed by atoms with Gasteiger partial charge in [0.05, 0.1) is 11.4 Å². The first kappa shape index (κ1) is 17.1. The molecule has 2 rings (SSSR count). The maximum Gasteiger partial charge on any atom is 0.224 e. The van der Waals surface area contributed by atoms with Gasteiger partial charge in [-0.3, -0.25) is 9.59 Å². The number of rotatable bonds is 5. The number of hydrogen-bond donors (Lipinski definition) is 2. The molecule has 0 saturated heterocycles. The molecule has 2 N–H and O–H groups in total. The standard InChI is InChI=1S/C17H16BrFN2O2/c1-11(22)20-15-8-5-13(18)10-16(15)21-17(23)9-4-12-2-6-14(19)7-3-12/h2-3,5-8,10H,4,9H2,1H3,(H,20,22)(H,21,23). The van der Waals surface area contributed by atoms with E-state index in [4.69, 9.17) is 0 Å². The van der Waals surface area contributed by atoms with Crippen molar-refractivity contribution < 1.29 is 14.0 Å². The summed E-state index contributed by atoms with van der Waals surface area (Å²) in [6.45, 7) is 1.40. The molecule has 0 aliphatic rings. The molecule has 23 heavy (non-hydrogen) atoms. The van der Waals surface area contributed by atoms with Gasteiger partial charge in [0.15, 0.2) is 0 Å². The Kier molecular flexibility index (Phi) is 5.87. The molecule has 0 atom stereocenters. The van der Waals surface area contributed by atoms with Crippen molar-refractivity contribution in [3.8, 4) is 0 Å². The van der Waals surface area contributed by atoms with Crippen molar-refractivity contribution in [2.24, 2.45) is 0 Å². The fraction of sp³-hybridized carbons (Fsp3) is 0.176. The minimum atomic E-state index is -0.299. The van der Waals surface area contributed by atoms with Crippen LogP contribution in [0, 0.1) is 5.82 Å². The second kappa shape index (κ2) is 7.87. The van der Waals surface area contributed by atoms with Gasteiger partial charge in [0, 0.05) is 17.8 Å². The minimum absolute atomic E-state index is 0.181. The normalized spacial score (nSPS) is 10.2. The summed E-state index contributed by atoms with van der Waals surface area (Å²) in [5.74, 6) is -0.694. The molecule has 2 aromatic carbocycles. The van der Waals surface area contributed by atoms with Gasteiger partial charge in [-0.25, -0.2) is 4.39 Å². The van der Waals surface area contributed by atoms with E-state index in [0.717, 1.165) is 10.0 Å². The first-order chi connectivity index (χ1) is 10.9. The van der Waals surface area contributed by atoms with E-state index in [2.05, 4.69) is 26.6 Å². The summed E-state index contributed by atoms with van der Waals surface area (Å²) in [6, 6.07) is 11.3. The lowest BCUT2D eigenvalue weighted by Gasteiger charge is -2.12. The Balaban J connectivity index is 2.00. The van der Waals surface area contributed by atoms with Crippen molar-refractivity contribution in [1.29, 1.82) is 0 Å². The molecular weight excluding hydrogens is 363 g/mol. The van der Waals surface area contributed by atoms with Crippen LogP contribution in [0.4, 0.5) is 15.8 Å². The largest absolute Gasteiger partial charge is 0.325 e. The lowest BCUT2D eigenvalue weighted by Crippen LogP contribution is -2.15. The topological polar surface area (TPSA) is 58.2 Å². The Bertz CT molecular complexity index is 717. The van der Waals surface area contributed by atoms with Gasteiger partial charge >= 0.3 is 0 Å². The summed E-state index contributed by atoms with van der Waals surface area (Å²) >= 11 is 3.34. The fourth-order valence-corrected chi connectivity index (χ4v) is 2.40. The van der Waals surface area contributed by atoms with Crippen molar-refractivity contribution in [2.75, 3.05) is 10.6 Å². The molecule has 2 amide bonds. The van der Waals surface area contributed by atoms with Crippen molar-refractivity contribution in [1.82, 2.24) is 0 Å². The number of amides is 2. The van der Waals surface area contributed by atoms with Gasteiger partial charge in [0.1, 0.15) is 5.82 Å². The fourth-order valence-electron chi connectivity index (χ4n) is 2.04. The van der Waals surface area contributed by atoms with Crippen LogP contribution < -0.4 is 10.6 Å². The van der Waals surface area contributed by atoms with E-state index in [9.17, 15) is 14.0 Å². The van der Waals surface area contributed by atoms with Gasteiger partial charge < -0.3 is 10.6 Å². The highest BCUT2D eigenvalue weighted by Crippen LogP contribution is 2.26. The zero-order chi connectivity index (χ0) is 16.8. The lowest BCUT2D eigenvalue weighted by molar-refractivity contribution is -0.116. The second-order valence-corrected chi connectivity index (χ2v) is 5.96. The summed E-state index contributed by atoms with van der Waals surface area (Å²) in [5.41, 5.74) is 1.95. The number of hydrogen-bond acceptors (Lipinski definition) is 2. The van der Waals surface area contributed by atoms with Gasteiger partial charge in [0.25, 0.3) is 0 Å². The molecule has 4 nitrogen and oxygen atoms in total. The van der Waals surface area contributed by atoms with Crippen LogP contribution in [-0.4, -0.2) is 11.8 Å². The maximum atomic E-state index is 12.8. The van der Waals surface area contributed by atoms with Gasteiger partial charge in [-0.2, -0.15) is 0 Å². The maximum absolute atomic E-state index is 12.8. The van der Waals surface area contributed by atoms with Crippen LogP contribution in [-0.2, 0) is 16.0 Å². The minimum Gasteiger partial charge on any atom is -0.325 e. The molecule has 0 unspecified atom stereocenters. The molecule has 0 fully saturated rings. The number of aryl methyl sites for hydroxylation is 1. The molecule has 120 valence electrons. The van der Waals surface area contributed by atoms with E-state index in [0.29, 0.717) is 17.8 Å². The molecule has 2 aromatic rings. The quantitative estimate of drug-likeness (QED) is 0.821. The average Bonchev–Trinajstić information content (AvgIpc) is 2.49. The van der Waals surface area contributed by atoms with Crippen LogP contribution in [0.15, 0.2) is 46.9 Å².